The van der Waals surface area contributed by atoms with E-state index in [1.165, 1.54) is 10.9 Å². The molecule has 1 N–H and O–H groups in total. The van der Waals surface area contributed by atoms with Crippen molar-refractivity contribution in [2.45, 2.75) is 37.6 Å². The lowest BCUT2D eigenvalue weighted by atomic mass is 9.77. The molecule has 1 aliphatic carbocycles. The molecule has 0 spiro atoms. The number of aliphatic hydroxyl groups is 1. The second-order valence-electron chi connectivity index (χ2n) is 6.29. The van der Waals surface area contributed by atoms with Gasteiger partial charge in [-0.2, -0.15) is 18.3 Å². The predicted molar refractivity (Wildman–Crippen MR) is 96.7 cm³/mol. The van der Waals surface area contributed by atoms with Crippen molar-refractivity contribution in [1.29, 1.82) is 0 Å². The van der Waals surface area contributed by atoms with Gasteiger partial charge in [0.2, 0.25) is 0 Å². The summed E-state index contributed by atoms with van der Waals surface area (Å²) in [5.41, 5.74) is -1.60. The number of fused-ring (bicyclic) bond motifs is 1. The van der Waals surface area contributed by atoms with Crippen LogP contribution in [0.2, 0.25) is 0 Å². The van der Waals surface area contributed by atoms with E-state index in [4.69, 9.17) is 8.92 Å². The van der Waals surface area contributed by atoms with Gasteiger partial charge in [0.1, 0.15) is 12.4 Å². The summed E-state index contributed by atoms with van der Waals surface area (Å²) in [6.07, 6.45) is -2.37. The van der Waals surface area contributed by atoms with E-state index < -0.39 is 17.3 Å². The van der Waals surface area contributed by atoms with Crippen molar-refractivity contribution in [3.63, 3.8) is 0 Å². The van der Waals surface area contributed by atoms with E-state index in [0.717, 1.165) is 15.3 Å². The Balaban J connectivity index is 1.94. The van der Waals surface area contributed by atoms with Gasteiger partial charge in [0.25, 0.3) is 0 Å². The zero-order valence-corrected chi connectivity index (χ0v) is 16.2. The first kappa shape index (κ1) is 19.1. The third-order valence-electron chi connectivity index (χ3n) is 4.15. The molecule has 0 bridgehead atoms. The maximum Gasteiger partial charge on any atom is 0.418 e. The highest BCUT2D eigenvalue weighted by Gasteiger charge is 2.42. The second-order valence-corrected chi connectivity index (χ2v) is 7.73. The van der Waals surface area contributed by atoms with Crippen molar-refractivity contribution in [3.8, 4) is 5.75 Å². The Morgan fingerprint density at radius 3 is 2.72 bits per heavy atom. The van der Waals surface area contributed by atoms with E-state index in [1.807, 2.05) is 21.2 Å². The van der Waals surface area contributed by atoms with Gasteiger partial charge in [-0.3, -0.25) is 4.68 Å². The molecule has 2 aromatic rings. The molecule has 1 aromatic carbocycles. The third kappa shape index (κ3) is 4.17. The highest BCUT2D eigenvalue weighted by molar-refractivity contribution is 14.2. The highest BCUT2D eigenvalue weighted by Crippen LogP contribution is 2.44. The van der Waals surface area contributed by atoms with Gasteiger partial charge >= 0.3 is 6.18 Å². The van der Waals surface area contributed by atoms with Crippen LogP contribution in [0.15, 0.2) is 18.3 Å². The summed E-state index contributed by atoms with van der Waals surface area (Å²) in [4.78, 5) is 0. The molecule has 1 saturated carbocycles. The average Bonchev–Trinajstić information content (AvgIpc) is 2.90. The summed E-state index contributed by atoms with van der Waals surface area (Å²) in [7, 11) is 1.14. The van der Waals surface area contributed by atoms with Crippen LogP contribution in [0.5, 0.6) is 5.75 Å². The van der Waals surface area contributed by atoms with Gasteiger partial charge in [0.15, 0.2) is 0 Å². The van der Waals surface area contributed by atoms with Crippen LogP contribution in [0.25, 0.3) is 10.9 Å². The van der Waals surface area contributed by atoms with Gasteiger partial charge in [-0.1, -0.05) is 0 Å². The van der Waals surface area contributed by atoms with E-state index in [1.54, 1.807) is 13.0 Å². The number of nitrogens with zero attached hydrogens (tertiary/aromatic N) is 2. The summed E-state index contributed by atoms with van der Waals surface area (Å²) in [5, 5.41) is 14.4. The quantitative estimate of drug-likeness (QED) is 0.368. The molecule has 0 saturated heterocycles. The summed E-state index contributed by atoms with van der Waals surface area (Å²) >= 11 is 1.95. The molecule has 0 radical (unpaired) electrons. The predicted octanol–water partition coefficient (Wildman–Crippen LogP) is 4.53. The zero-order valence-electron chi connectivity index (χ0n) is 13.2. The maximum absolute atomic E-state index is 13.6. The fraction of sp³-hybridized carbons (Fsp3) is 0.533. The van der Waals surface area contributed by atoms with Gasteiger partial charge in [-0.05, 0) is 31.9 Å². The number of aromatic nitrogens is 2. The Bertz CT molecular complexity index is 758. The lowest BCUT2D eigenvalue weighted by molar-refractivity contribution is -0.136. The van der Waals surface area contributed by atoms with Crippen molar-refractivity contribution in [1.82, 2.24) is 9.78 Å². The first-order valence-electron chi connectivity index (χ1n) is 7.55. The molecule has 0 amide bonds. The molecule has 1 aliphatic rings. The van der Waals surface area contributed by atoms with Crippen molar-refractivity contribution in [2.75, 3.05) is 13.2 Å². The summed E-state index contributed by atoms with van der Waals surface area (Å²) in [5.74, 6) is 0.127. The second kappa shape index (κ2) is 7.12. The van der Waals surface area contributed by atoms with Gasteiger partial charge < -0.3 is 14.0 Å². The lowest BCUT2D eigenvalue weighted by Gasteiger charge is -2.41. The normalized spacial score (nSPS) is 23.7. The molecule has 0 atom stereocenters. The van der Waals surface area contributed by atoms with Crippen LogP contribution in [0.1, 0.15) is 31.4 Å². The minimum absolute atomic E-state index is 0.0272. The largest absolute Gasteiger partial charge is 0.491 e. The number of benzene rings is 1. The standard InChI is InChI=1S/C15H16F3IN2O3S/c1-14(22)6-10(7-14)21-13-9(8-20-21)4-11(23-2-3-24-25-19)5-12(13)15(16,17)18/h4-5,8,10,22H,2-3,6-7H2,1H3/t10-,14+. The molecule has 1 fully saturated rings. The third-order valence-corrected chi connectivity index (χ3v) is 5.16. The van der Waals surface area contributed by atoms with Crippen molar-refractivity contribution >= 4 is 41.3 Å². The molecule has 25 heavy (non-hydrogen) atoms. The van der Waals surface area contributed by atoms with E-state index in [2.05, 4.69) is 5.10 Å². The Morgan fingerprint density at radius 2 is 2.12 bits per heavy atom. The molecule has 0 aliphatic heterocycles. The van der Waals surface area contributed by atoms with Crippen LogP contribution < -0.4 is 4.74 Å². The van der Waals surface area contributed by atoms with Crippen LogP contribution in [0, 0.1) is 0 Å². The van der Waals surface area contributed by atoms with E-state index in [9.17, 15) is 18.3 Å². The number of alkyl halides is 3. The van der Waals surface area contributed by atoms with Gasteiger partial charge in [-0.15, -0.1) is 0 Å². The van der Waals surface area contributed by atoms with Crippen LogP contribution in [0.3, 0.4) is 0 Å². The number of halogens is 4. The van der Waals surface area contributed by atoms with Crippen molar-refractivity contribution < 1.29 is 27.2 Å². The number of hydrogen-bond donors (Lipinski definition) is 1. The Hall–Kier alpha value is -0.720. The molecule has 10 heteroatoms. The summed E-state index contributed by atoms with van der Waals surface area (Å²) < 4.78 is 52.5. The summed E-state index contributed by atoms with van der Waals surface area (Å²) in [6, 6.07) is 2.30. The fourth-order valence-electron chi connectivity index (χ4n) is 3.10. The Kier molecular flexibility index (Phi) is 5.43. The monoisotopic (exact) mass is 488 g/mol. The molecular weight excluding hydrogens is 472 g/mol. The smallest absolute Gasteiger partial charge is 0.418 e. The van der Waals surface area contributed by atoms with Crippen molar-refractivity contribution in [2.24, 2.45) is 0 Å². The first-order chi connectivity index (χ1) is 11.7. The molecule has 1 heterocycles. The molecule has 138 valence electrons. The molecule has 3 rings (SSSR count). The molecule has 5 nitrogen and oxygen atoms in total. The average molecular weight is 488 g/mol. The lowest BCUT2D eigenvalue weighted by Crippen LogP contribution is -2.42. The SMILES string of the molecule is C[C@]1(O)C[C@@H](n2ncc3cc(OCCOSI)cc(C(F)(F)F)c32)C1. The first-order valence-corrected chi connectivity index (χ1v) is 10.8. The molecule has 0 unspecified atom stereocenters. The van der Waals surface area contributed by atoms with Crippen LogP contribution in [-0.4, -0.2) is 33.7 Å². The molecular formula is C15H16F3IN2O3S. The zero-order chi connectivity index (χ0) is 18.2. The fourth-order valence-corrected chi connectivity index (χ4v) is 3.77. The Labute approximate surface area is 158 Å². The van der Waals surface area contributed by atoms with Gasteiger partial charge in [0.05, 0.1) is 44.7 Å². The minimum atomic E-state index is -4.53. The van der Waals surface area contributed by atoms with Gasteiger partial charge in [-0.25, -0.2) is 0 Å². The van der Waals surface area contributed by atoms with E-state index in [-0.39, 0.29) is 30.5 Å². The number of rotatable bonds is 6. The van der Waals surface area contributed by atoms with E-state index >= 15 is 0 Å². The Morgan fingerprint density at radius 1 is 1.40 bits per heavy atom. The number of ether oxygens (including phenoxy) is 1. The van der Waals surface area contributed by atoms with Crippen molar-refractivity contribution in [3.05, 3.63) is 23.9 Å². The van der Waals surface area contributed by atoms with Crippen LogP contribution >= 0.6 is 30.4 Å². The van der Waals surface area contributed by atoms with Gasteiger partial charge in [0, 0.05) is 26.6 Å². The highest BCUT2D eigenvalue weighted by atomic mass is 127. The minimum Gasteiger partial charge on any atom is -0.491 e. The van der Waals surface area contributed by atoms with E-state index in [0.29, 0.717) is 18.2 Å². The topological polar surface area (TPSA) is 56.5 Å². The van der Waals surface area contributed by atoms with Crippen LogP contribution in [0.4, 0.5) is 13.2 Å². The number of hydrogen-bond acceptors (Lipinski definition) is 5. The van der Waals surface area contributed by atoms with Crippen LogP contribution in [-0.2, 0) is 10.4 Å². The molecule has 1 aromatic heterocycles. The maximum atomic E-state index is 13.6. The summed E-state index contributed by atoms with van der Waals surface area (Å²) in [6.45, 7) is 2.09.